The minimum Gasteiger partial charge on any atom is -0.340 e. The number of rotatable bonds is 6. The van der Waals surface area contributed by atoms with Gasteiger partial charge in [-0.05, 0) is 25.7 Å². The summed E-state index contributed by atoms with van der Waals surface area (Å²) in [6.07, 6.45) is 8.51. The maximum Gasteiger partial charge on any atom is 0.249 e. The van der Waals surface area contributed by atoms with Crippen LogP contribution < -0.4 is 5.32 Å². The number of piperazine rings is 1. The first kappa shape index (κ1) is 16.6. The van der Waals surface area contributed by atoms with Crippen molar-refractivity contribution in [2.45, 2.75) is 77.4 Å². The summed E-state index contributed by atoms with van der Waals surface area (Å²) in [7, 11) is 0. The van der Waals surface area contributed by atoms with Gasteiger partial charge in [0.2, 0.25) is 11.8 Å². The van der Waals surface area contributed by atoms with Crippen LogP contribution in [0.25, 0.3) is 0 Å². The standard InChI is InChI=1S/C16H26N2O2/c1-6-11-12(7-2)18-13(8-3)14(19)17-16(9-4,10-5)15(18)20/h1,12-13H,7-11H2,2-5H3,(H,17,19). The van der Waals surface area contributed by atoms with Gasteiger partial charge in [-0.2, -0.15) is 0 Å². The van der Waals surface area contributed by atoms with E-state index in [1.165, 1.54) is 0 Å². The average Bonchev–Trinajstić information content (AvgIpc) is 2.46. The van der Waals surface area contributed by atoms with Crippen LogP contribution in [0, 0.1) is 12.3 Å². The number of nitrogens with zero attached hydrogens (tertiary/aromatic N) is 1. The van der Waals surface area contributed by atoms with Crippen LogP contribution in [0.1, 0.15) is 59.8 Å². The molecule has 20 heavy (non-hydrogen) atoms. The molecule has 0 aliphatic carbocycles. The third kappa shape index (κ3) is 2.67. The third-order valence-corrected chi connectivity index (χ3v) is 4.46. The number of amides is 2. The van der Waals surface area contributed by atoms with Gasteiger partial charge >= 0.3 is 0 Å². The van der Waals surface area contributed by atoms with Gasteiger partial charge in [-0.25, -0.2) is 0 Å². The lowest BCUT2D eigenvalue weighted by molar-refractivity contribution is -0.158. The van der Waals surface area contributed by atoms with Crippen LogP contribution in [0.15, 0.2) is 0 Å². The number of carbonyl (C=O) groups is 2. The van der Waals surface area contributed by atoms with E-state index < -0.39 is 11.6 Å². The molecule has 0 aromatic heterocycles. The van der Waals surface area contributed by atoms with Crippen molar-refractivity contribution < 1.29 is 9.59 Å². The van der Waals surface area contributed by atoms with Gasteiger partial charge in [-0.15, -0.1) is 12.3 Å². The summed E-state index contributed by atoms with van der Waals surface area (Å²) in [6, 6.07) is -0.451. The molecule has 0 aromatic carbocycles. The Kier molecular flexibility index (Phi) is 5.62. The second-order valence-electron chi connectivity index (χ2n) is 5.39. The quantitative estimate of drug-likeness (QED) is 0.756. The van der Waals surface area contributed by atoms with Crippen molar-refractivity contribution in [2.24, 2.45) is 0 Å². The Morgan fingerprint density at radius 2 is 1.90 bits per heavy atom. The van der Waals surface area contributed by atoms with E-state index >= 15 is 0 Å². The Morgan fingerprint density at radius 1 is 1.30 bits per heavy atom. The lowest BCUT2D eigenvalue weighted by Gasteiger charge is -2.48. The summed E-state index contributed by atoms with van der Waals surface area (Å²) in [4.78, 5) is 27.1. The molecule has 1 rings (SSSR count). The van der Waals surface area contributed by atoms with Gasteiger partial charge in [0.1, 0.15) is 11.6 Å². The minimum absolute atomic E-state index is 0.0241. The van der Waals surface area contributed by atoms with Crippen LogP contribution in [0.5, 0.6) is 0 Å². The fourth-order valence-electron chi connectivity index (χ4n) is 2.99. The molecule has 1 aliphatic heterocycles. The number of terminal acetylenes is 1. The average molecular weight is 278 g/mol. The van der Waals surface area contributed by atoms with Crippen molar-refractivity contribution in [3.63, 3.8) is 0 Å². The SMILES string of the molecule is C#CCC(CC)N1C(=O)C(CC)(CC)NC(=O)C1CC. The largest absolute Gasteiger partial charge is 0.340 e. The van der Waals surface area contributed by atoms with Crippen LogP contribution in [0.4, 0.5) is 0 Å². The van der Waals surface area contributed by atoms with Gasteiger partial charge in [0.15, 0.2) is 0 Å². The molecule has 0 aromatic rings. The van der Waals surface area contributed by atoms with E-state index in [9.17, 15) is 9.59 Å². The molecule has 4 nitrogen and oxygen atoms in total. The minimum atomic E-state index is -0.759. The van der Waals surface area contributed by atoms with E-state index in [0.717, 1.165) is 6.42 Å². The zero-order chi connectivity index (χ0) is 15.3. The second-order valence-corrected chi connectivity index (χ2v) is 5.39. The molecular weight excluding hydrogens is 252 g/mol. The van der Waals surface area contributed by atoms with E-state index in [1.807, 2.05) is 27.7 Å². The molecule has 2 atom stereocenters. The van der Waals surface area contributed by atoms with Crippen molar-refractivity contribution in [3.05, 3.63) is 0 Å². The van der Waals surface area contributed by atoms with Gasteiger partial charge < -0.3 is 10.2 Å². The van der Waals surface area contributed by atoms with Crippen LogP contribution in [-0.2, 0) is 9.59 Å². The third-order valence-electron chi connectivity index (χ3n) is 4.46. The van der Waals surface area contributed by atoms with Crippen molar-refractivity contribution in [1.82, 2.24) is 10.2 Å². The predicted molar refractivity (Wildman–Crippen MR) is 79.9 cm³/mol. The monoisotopic (exact) mass is 278 g/mol. The summed E-state index contributed by atoms with van der Waals surface area (Å²) < 4.78 is 0. The molecule has 4 heteroatoms. The fourth-order valence-corrected chi connectivity index (χ4v) is 2.99. The molecule has 1 heterocycles. The molecule has 2 amide bonds. The topological polar surface area (TPSA) is 49.4 Å². The number of nitrogens with one attached hydrogen (secondary N) is 1. The first-order chi connectivity index (χ1) is 9.51. The summed E-state index contributed by atoms with van der Waals surface area (Å²) in [5.41, 5.74) is -0.759. The normalized spacial score (nSPS) is 23.1. The van der Waals surface area contributed by atoms with Gasteiger partial charge in [0, 0.05) is 12.5 Å². The summed E-state index contributed by atoms with van der Waals surface area (Å²) in [5, 5.41) is 2.95. The van der Waals surface area contributed by atoms with Crippen LogP contribution in [0.3, 0.4) is 0 Å². The van der Waals surface area contributed by atoms with E-state index in [1.54, 1.807) is 4.90 Å². The van der Waals surface area contributed by atoms with E-state index in [4.69, 9.17) is 6.42 Å². The maximum absolute atomic E-state index is 12.9. The highest BCUT2D eigenvalue weighted by atomic mass is 16.2. The zero-order valence-corrected chi connectivity index (χ0v) is 13.0. The van der Waals surface area contributed by atoms with E-state index in [0.29, 0.717) is 25.7 Å². The molecular formula is C16H26N2O2. The maximum atomic E-state index is 12.9. The molecule has 0 saturated carbocycles. The highest BCUT2D eigenvalue weighted by Crippen LogP contribution is 2.29. The van der Waals surface area contributed by atoms with Gasteiger partial charge in [0.05, 0.1) is 0 Å². The second kappa shape index (κ2) is 6.78. The van der Waals surface area contributed by atoms with Gasteiger partial charge in [-0.3, -0.25) is 9.59 Å². The summed E-state index contributed by atoms with van der Waals surface area (Å²) in [5.74, 6) is 2.61. The fraction of sp³-hybridized carbons (Fsp3) is 0.750. The first-order valence-electron chi connectivity index (χ1n) is 7.59. The van der Waals surface area contributed by atoms with Crippen molar-refractivity contribution in [3.8, 4) is 12.3 Å². The smallest absolute Gasteiger partial charge is 0.249 e. The van der Waals surface area contributed by atoms with Crippen LogP contribution in [0.2, 0.25) is 0 Å². The molecule has 0 radical (unpaired) electrons. The molecule has 1 aliphatic rings. The van der Waals surface area contributed by atoms with Crippen molar-refractivity contribution in [2.75, 3.05) is 0 Å². The lowest BCUT2D eigenvalue weighted by atomic mass is 9.85. The lowest BCUT2D eigenvalue weighted by Crippen LogP contribution is -2.71. The number of hydrogen-bond donors (Lipinski definition) is 1. The Labute approximate surface area is 122 Å². The van der Waals surface area contributed by atoms with Crippen LogP contribution in [-0.4, -0.2) is 34.3 Å². The Bertz CT molecular complexity index is 407. The molecule has 2 unspecified atom stereocenters. The first-order valence-corrected chi connectivity index (χ1v) is 7.59. The molecule has 1 fully saturated rings. The Hall–Kier alpha value is -1.50. The summed E-state index contributed by atoms with van der Waals surface area (Å²) >= 11 is 0. The molecule has 112 valence electrons. The summed E-state index contributed by atoms with van der Waals surface area (Å²) in [6.45, 7) is 7.81. The van der Waals surface area contributed by atoms with Crippen LogP contribution >= 0.6 is 0 Å². The van der Waals surface area contributed by atoms with E-state index in [-0.39, 0.29) is 17.9 Å². The van der Waals surface area contributed by atoms with Gasteiger partial charge in [-0.1, -0.05) is 27.7 Å². The molecule has 1 saturated heterocycles. The Balaban J connectivity index is 3.22. The number of hydrogen-bond acceptors (Lipinski definition) is 2. The van der Waals surface area contributed by atoms with Crippen molar-refractivity contribution in [1.29, 1.82) is 0 Å². The molecule has 0 spiro atoms. The van der Waals surface area contributed by atoms with E-state index in [2.05, 4.69) is 11.2 Å². The molecule has 1 N–H and O–H groups in total. The predicted octanol–water partition coefficient (Wildman–Crippen LogP) is 2.08. The number of carbonyl (C=O) groups excluding carboxylic acids is 2. The highest BCUT2D eigenvalue weighted by molar-refractivity contribution is 6.00. The Morgan fingerprint density at radius 3 is 2.30 bits per heavy atom. The zero-order valence-electron chi connectivity index (χ0n) is 13.0. The van der Waals surface area contributed by atoms with Crippen molar-refractivity contribution >= 4 is 11.8 Å². The molecule has 0 bridgehead atoms. The van der Waals surface area contributed by atoms with Gasteiger partial charge in [0.25, 0.3) is 0 Å². The highest BCUT2D eigenvalue weighted by Gasteiger charge is 2.49.